The normalized spacial score (nSPS) is 11.3. The predicted octanol–water partition coefficient (Wildman–Crippen LogP) is 3.60. The largest absolute Gasteiger partial charge is 0.354 e. The summed E-state index contributed by atoms with van der Waals surface area (Å²) in [4.78, 5) is 12.2. The number of nitrogens with zero attached hydrogens (tertiary/aromatic N) is 1. The number of carbonyl (C=O) groups excluding carboxylic acids is 1. The van der Waals surface area contributed by atoms with Gasteiger partial charge >= 0.3 is 0 Å². The van der Waals surface area contributed by atoms with Crippen LogP contribution in [-0.2, 0) is 20.6 Å². The fraction of sp³-hybridized carbons (Fsp3) is 0.316. The molecule has 0 heterocycles. The minimum Gasteiger partial charge on any atom is -0.354 e. The molecule has 0 aliphatic heterocycles. The van der Waals surface area contributed by atoms with Crippen LogP contribution >= 0.6 is 23.4 Å². The number of rotatable bonds is 9. The summed E-state index contributed by atoms with van der Waals surface area (Å²) >= 11 is 7.56. The highest BCUT2D eigenvalue weighted by atomic mass is 35.5. The van der Waals surface area contributed by atoms with E-state index >= 15 is 0 Å². The monoisotopic (exact) mass is 444 g/mol. The van der Waals surface area contributed by atoms with Crippen molar-refractivity contribution in [3.8, 4) is 0 Å². The lowest BCUT2D eigenvalue weighted by Gasteiger charge is -2.24. The van der Waals surface area contributed by atoms with Crippen LogP contribution in [0.15, 0.2) is 42.5 Å². The first-order valence-electron chi connectivity index (χ1n) is 8.51. The molecule has 0 atom stereocenters. The Hall–Kier alpha value is -1.77. The van der Waals surface area contributed by atoms with Gasteiger partial charge in [0.15, 0.2) is 0 Å². The zero-order valence-corrected chi connectivity index (χ0v) is 18.0. The number of halogens is 2. The fourth-order valence-corrected chi connectivity index (χ4v) is 4.42. The Kier molecular flexibility index (Phi) is 8.15. The van der Waals surface area contributed by atoms with Gasteiger partial charge in [0.05, 0.1) is 11.9 Å². The van der Waals surface area contributed by atoms with Crippen molar-refractivity contribution in [3.63, 3.8) is 0 Å². The van der Waals surface area contributed by atoms with Gasteiger partial charge in [-0.05, 0) is 36.2 Å². The molecular formula is C19H22ClFN2O3S2. The van der Waals surface area contributed by atoms with Crippen LogP contribution in [0.1, 0.15) is 11.1 Å². The van der Waals surface area contributed by atoms with Gasteiger partial charge in [-0.25, -0.2) is 12.8 Å². The van der Waals surface area contributed by atoms with E-state index in [0.717, 1.165) is 10.6 Å². The number of anilines is 1. The van der Waals surface area contributed by atoms with Gasteiger partial charge in [0.25, 0.3) is 0 Å². The number of thioether (sulfide) groups is 1. The van der Waals surface area contributed by atoms with Crippen LogP contribution in [0, 0.1) is 12.7 Å². The number of hydrogen-bond acceptors (Lipinski definition) is 4. The molecule has 28 heavy (non-hydrogen) atoms. The fourth-order valence-electron chi connectivity index (χ4n) is 2.49. The number of sulfonamides is 1. The Morgan fingerprint density at radius 3 is 2.61 bits per heavy atom. The van der Waals surface area contributed by atoms with Crippen molar-refractivity contribution in [2.75, 3.05) is 29.4 Å². The standard InChI is InChI=1S/C19H22ClFN2O3S2/c1-14-16(20)7-5-9-18(14)23(28(2,25)26)12-19(24)22-10-11-27-13-15-6-3-4-8-17(15)21/h3-9H,10-13H2,1-2H3,(H,22,24). The third kappa shape index (κ3) is 6.39. The molecule has 0 aromatic heterocycles. The van der Waals surface area contributed by atoms with Gasteiger partial charge in [0.2, 0.25) is 15.9 Å². The van der Waals surface area contributed by atoms with Gasteiger partial charge in [-0.1, -0.05) is 35.9 Å². The van der Waals surface area contributed by atoms with Gasteiger partial charge in [-0.3, -0.25) is 9.10 Å². The predicted molar refractivity (Wildman–Crippen MR) is 114 cm³/mol. The minimum atomic E-state index is -3.66. The molecule has 2 aromatic carbocycles. The van der Waals surface area contributed by atoms with Gasteiger partial charge in [0, 0.05) is 23.1 Å². The lowest BCUT2D eigenvalue weighted by Crippen LogP contribution is -2.41. The zero-order chi connectivity index (χ0) is 20.7. The van der Waals surface area contributed by atoms with Crippen molar-refractivity contribution in [2.24, 2.45) is 0 Å². The summed E-state index contributed by atoms with van der Waals surface area (Å²) in [6.07, 6.45) is 1.05. The lowest BCUT2D eigenvalue weighted by atomic mass is 10.2. The Balaban J connectivity index is 1.89. The summed E-state index contributed by atoms with van der Waals surface area (Å²) in [5.41, 5.74) is 1.57. The zero-order valence-electron chi connectivity index (χ0n) is 15.6. The van der Waals surface area contributed by atoms with E-state index in [4.69, 9.17) is 11.6 Å². The first kappa shape index (κ1) is 22.5. The van der Waals surface area contributed by atoms with Crippen LogP contribution in [0.3, 0.4) is 0 Å². The van der Waals surface area contributed by atoms with E-state index in [9.17, 15) is 17.6 Å². The maximum atomic E-state index is 13.5. The van der Waals surface area contributed by atoms with Crippen molar-refractivity contribution in [1.82, 2.24) is 5.32 Å². The van der Waals surface area contributed by atoms with Crippen LogP contribution < -0.4 is 9.62 Å². The summed E-state index contributed by atoms with van der Waals surface area (Å²) in [5, 5.41) is 3.12. The van der Waals surface area contributed by atoms with Gasteiger partial charge in [-0.2, -0.15) is 11.8 Å². The molecule has 1 N–H and O–H groups in total. The van der Waals surface area contributed by atoms with Crippen LogP contribution in [0.4, 0.5) is 10.1 Å². The summed E-state index contributed by atoms with van der Waals surface area (Å²) in [7, 11) is -3.66. The van der Waals surface area contributed by atoms with E-state index in [1.807, 2.05) is 0 Å². The molecule has 0 radical (unpaired) electrons. The minimum absolute atomic E-state index is 0.250. The summed E-state index contributed by atoms with van der Waals surface area (Å²) < 4.78 is 38.9. The van der Waals surface area contributed by atoms with E-state index < -0.39 is 15.9 Å². The van der Waals surface area contributed by atoms with Crippen molar-refractivity contribution in [3.05, 3.63) is 64.4 Å². The van der Waals surface area contributed by atoms with Crippen molar-refractivity contribution < 1.29 is 17.6 Å². The molecule has 0 unspecified atom stereocenters. The third-order valence-electron chi connectivity index (χ3n) is 3.98. The van der Waals surface area contributed by atoms with E-state index in [2.05, 4.69) is 5.32 Å². The number of benzene rings is 2. The third-order valence-corrected chi connectivity index (χ3v) is 6.52. The number of hydrogen-bond donors (Lipinski definition) is 1. The van der Waals surface area contributed by atoms with Crippen LogP contribution in [0.5, 0.6) is 0 Å². The molecule has 0 saturated carbocycles. The Bertz CT molecular complexity index is 939. The Labute approximate surface area is 174 Å². The average Bonchev–Trinajstić information content (AvgIpc) is 2.62. The number of carbonyl (C=O) groups is 1. The lowest BCUT2D eigenvalue weighted by molar-refractivity contribution is -0.119. The molecule has 2 aromatic rings. The van der Waals surface area contributed by atoms with Gasteiger partial charge in [-0.15, -0.1) is 0 Å². The Morgan fingerprint density at radius 1 is 1.21 bits per heavy atom. The van der Waals surface area contributed by atoms with Crippen LogP contribution in [0.25, 0.3) is 0 Å². The van der Waals surface area contributed by atoms with Gasteiger partial charge < -0.3 is 5.32 Å². The SMILES string of the molecule is Cc1c(Cl)cccc1N(CC(=O)NCCSCc1ccccc1F)S(C)(=O)=O. The van der Waals surface area contributed by atoms with Crippen molar-refractivity contribution in [2.45, 2.75) is 12.7 Å². The van der Waals surface area contributed by atoms with Gasteiger partial charge in [0.1, 0.15) is 12.4 Å². The molecular weight excluding hydrogens is 423 g/mol. The highest BCUT2D eigenvalue weighted by Gasteiger charge is 2.22. The summed E-state index contributed by atoms with van der Waals surface area (Å²) in [6, 6.07) is 11.5. The molecule has 152 valence electrons. The summed E-state index contributed by atoms with van der Waals surface area (Å²) in [5.74, 6) is 0.408. The number of amides is 1. The average molecular weight is 445 g/mol. The molecule has 0 aliphatic carbocycles. The maximum Gasteiger partial charge on any atom is 0.240 e. The van der Waals surface area contributed by atoms with Crippen molar-refractivity contribution in [1.29, 1.82) is 0 Å². The van der Waals surface area contributed by atoms with E-state index in [-0.39, 0.29) is 12.4 Å². The first-order valence-corrected chi connectivity index (χ1v) is 11.9. The Morgan fingerprint density at radius 2 is 1.93 bits per heavy atom. The molecule has 9 heteroatoms. The van der Waals surface area contributed by atoms with E-state index in [0.29, 0.717) is 39.9 Å². The molecule has 1 amide bonds. The molecule has 0 bridgehead atoms. The summed E-state index contributed by atoms with van der Waals surface area (Å²) in [6.45, 7) is 1.72. The van der Waals surface area contributed by atoms with E-state index in [1.165, 1.54) is 17.8 Å². The second-order valence-electron chi connectivity index (χ2n) is 6.15. The van der Waals surface area contributed by atoms with Crippen LogP contribution in [0.2, 0.25) is 5.02 Å². The molecule has 0 aliphatic rings. The second-order valence-corrected chi connectivity index (χ2v) is 9.57. The molecule has 0 spiro atoms. The number of nitrogens with one attached hydrogen (secondary N) is 1. The maximum absolute atomic E-state index is 13.5. The van der Waals surface area contributed by atoms with E-state index in [1.54, 1.807) is 43.3 Å². The topological polar surface area (TPSA) is 66.5 Å². The molecule has 2 rings (SSSR count). The molecule has 5 nitrogen and oxygen atoms in total. The highest BCUT2D eigenvalue weighted by molar-refractivity contribution is 7.98. The molecule has 0 saturated heterocycles. The van der Waals surface area contributed by atoms with Crippen LogP contribution in [-0.4, -0.2) is 39.4 Å². The molecule has 0 fully saturated rings. The highest BCUT2D eigenvalue weighted by Crippen LogP contribution is 2.28. The van der Waals surface area contributed by atoms with Crippen molar-refractivity contribution >= 4 is 45.0 Å². The second kappa shape index (κ2) is 10.1. The quantitative estimate of drug-likeness (QED) is 0.600. The smallest absolute Gasteiger partial charge is 0.240 e. The first-order chi connectivity index (χ1) is 13.2.